The van der Waals surface area contributed by atoms with Gasteiger partial charge in [0.25, 0.3) is 0 Å². The lowest BCUT2D eigenvalue weighted by Crippen LogP contribution is -2.50. The maximum Gasteiger partial charge on any atom is 0.224 e. The van der Waals surface area contributed by atoms with E-state index in [0.717, 1.165) is 24.7 Å². The molecule has 0 saturated carbocycles. The molecule has 158 valence electrons. The predicted molar refractivity (Wildman–Crippen MR) is 124 cm³/mol. The molecule has 1 atom stereocenters. The quantitative estimate of drug-likeness (QED) is 0.355. The summed E-state index contributed by atoms with van der Waals surface area (Å²) in [5.74, 6) is 1.15. The van der Waals surface area contributed by atoms with Gasteiger partial charge >= 0.3 is 0 Å². The smallest absolute Gasteiger partial charge is 0.224 e. The molecule has 1 saturated heterocycles. The number of halogens is 2. The van der Waals surface area contributed by atoms with Crippen molar-refractivity contribution in [3.8, 4) is 0 Å². The monoisotopic (exact) mass is 505 g/mol. The molecule has 1 aliphatic rings. The SMILES string of the molecule is CN=C(NCCC(=O)N1CCN(c2ccc(F)cc2)CC1)NC(C)C(C)C.I. The summed E-state index contributed by atoms with van der Waals surface area (Å²) in [6.45, 7) is 9.88. The summed E-state index contributed by atoms with van der Waals surface area (Å²) < 4.78 is 13.0. The lowest BCUT2D eigenvalue weighted by Gasteiger charge is -2.36. The van der Waals surface area contributed by atoms with Crippen molar-refractivity contribution in [1.29, 1.82) is 0 Å². The van der Waals surface area contributed by atoms with Crippen LogP contribution < -0.4 is 15.5 Å². The minimum Gasteiger partial charge on any atom is -0.368 e. The first kappa shape index (κ1) is 24.5. The lowest BCUT2D eigenvalue weighted by molar-refractivity contribution is -0.131. The minimum absolute atomic E-state index is 0. The van der Waals surface area contributed by atoms with Gasteiger partial charge in [0.05, 0.1) is 0 Å². The van der Waals surface area contributed by atoms with Crippen molar-refractivity contribution < 1.29 is 9.18 Å². The Hall–Kier alpha value is -1.58. The highest BCUT2D eigenvalue weighted by atomic mass is 127. The molecule has 1 unspecified atom stereocenters. The number of hydrogen-bond donors (Lipinski definition) is 2. The molecule has 1 fully saturated rings. The van der Waals surface area contributed by atoms with Crippen LogP contribution in [-0.4, -0.2) is 62.6 Å². The van der Waals surface area contributed by atoms with Gasteiger partial charge in [-0.05, 0) is 37.1 Å². The van der Waals surface area contributed by atoms with E-state index in [1.807, 2.05) is 4.90 Å². The molecule has 8 heteroatoms. The second-order valence-corrected chi connectivity index (χ2v) is 7.27. The van der Waals surface area contributed by atoms with Crippen LogP contribution in [0.25, 0.3) is 0 Å². The fourth-order valence-electron chi connectivity index (χ4n) is 2.89. The van der Waals surface area contributed by atoms with E-state index in [0.29, 0.717) is 38.0 Å². The fraction of sp³-hybridized carbons (Fsp3) is 0.600. The van der Waals surface area contributed by atoms with E-state index < -0.39 is 0 Å². The van der Waals surface area contributed by atoms with E-state index in [4.69, 9.17) is 0 Å². The van der Waals surface area contributed by atoms with E-state index in [9.17, 15) is 9.18 Å². The van der Waals surface area contributed by atoms with Gasteiger partial charge in [-0.2, -0.15) is 0 Å². The maximum atomic E-state index is 13.0. The highest BCUT2D eigenvalue weighted by Crippen LogP contribution is 2.17. The number of guanidine groups is 1. The summed E-state index contributed by atoms with van der Waals surface area (Å²) in [6.07, 6.45) is 0.438. The Morgan fingerprint density at radius 2 is 1.75 bits per heavy atom. The summed E-state index contributed by atoms with van der Waals surface area (Å²) in [5, 5.41) is 6.54. The van der Waals surface area contributed by atoms with Gasteiger partial charge in [-0.1, -0.05) is 13.8 Å². The van der Waals surface area contributed by atoms with E-state index in [1.165, 1.54) is 12.1 Å². The number of amides is 1. The van der Waals surface area contributed by atoms with Crippen molar-refractivity contribution in [3.63, 3.8) is 0 Å². The first-order valence-corrected chi connectivity index (χ1v) is 9.66. The molecule has 0 bridgehead atoms. The van der Waals surface area contributed by atoms with Crippen molar-refractivity contribution in [3.05, 3.63) is 30.1 Å². The molecule has 1 aromatic rings. The molecule has 6 nitrogen and oxygen atoms in total. The largest absolute Gasteiger partial charge is 0.368 e. The van der Waals surface area contributed by atoms with Gasteiger partial charge < -0.3 is 20.4 Å². The zero-order valence-electron chi connectivity index (χ0n) is 17.2. The number of piperazine rings is 1. The average Bonchev–Trinajstić information content (AvgIpc) is 2.67. The van der Waals surface area contributed by atoms with Gasteiger partial charge in [0.1, 0.15) is 5.82 Å². The van der Waals surface area contributed by atoms with Gasteiger partial charge in [0.15, 0.2) is 5.96 Å². The normalized spacial score (nSPS) is 15.9. The number of nitrogens with zero attached hydrogens (tertiary/aromatic N) is 3. The molecule has 1 aliphatic heterocycles. The van der Waals surface area contributed by atoms with Gasteiger partial charge in [-0.15, -0.1) is 24.0 Å². The van der Waals surface area contributed by atoms with E-state index in [1.54, 1.807) is 19.2 Å². The van der Waals surface area contributed by atoms with Crippen molar-refractivity contribution in [1.82, 2.24) is 15.5 Å². The van der Waals surface area contributed by atoms with Crippen molar-refractivity contribution >= 4 is 41.5 Å². The lowest BCUT2D eigenvalue weighted by atomic mass is 10.1. The molecule has 0 radical (unpaired) electrons. The van der Waals surface area contributed by atoms with E-state index >= 15 is 0 Å². The summed E-state index contributed by atoms with van der Waals surface area (Å²) in [7, 11) is 1.73. The third-order valence-electron chi connectivity index (χ3n) is 5.04. The van der Waals surface area contributed by atoms with Crippen LogP contribution in [0.15, 0.2) is 29.3 Å². The minimum atomic E-state index is -0.229. The van der Waals surface area contributed by atoms with Crippen LogP contribution in [0.3, 0.4) is 0 Å². The summed E-state index contributed by atoms with van der Waals surface area (Å²) >= 11 is 0. The molecule has 1 aromatic carbocycles. The van der Waals surface area contributed by atoms with Crippen LogP contribution in [0.4, 0.5) is 10.1 Å². The molecule has 2 N–H and O–H groups in total. The number of anilines is 1. The number of benzene rings is 1. The number of rotatable bonds is 6. The van der Waals surface area contributed by atoms with Crippen LogP contribution >= 0.6 is 24.0 Å². The van der Waals surface area contributed by atoms with Gasteiger partial charge in [0.2, 0.25) is 5.91 Å². The van der Waals surface area contributed by atoms with Crippen LogP contribution in [0.2, 0.25) is 0 Å². The predicted octanol–water partition coefficient (Wildman–Crippen LogP) is 2.69. The standard InChI is InChI=1S/C20H32FN5O.HI/c1-15(2)16(3)24-20(22-4)23-10-9-19(27)26-13-11-25(12-14-26)18-7-5-17(21)6-8-18;/h5-8,15-16H,9-14H2,1-4H3,(H2,22,23,24);1H. The molecule has 0 aliphatic carbocycles. The second-order valence-electron chi connectivity index (χ2n) is 7.27. The first-order valence-electron chi connectivity index (χ1n) is 9.66. The molecule has 0 aromatic heterocycles. The fourth-order valence-corrected chi connectivity index (χ4v) is 2.89. The van der Waals surface area contributed by atoms with Gasteiger partial charge in [0, 0.05) is 57.9 Å². The molecule has 2 rings (SSSR count). The van der Waals surface area contributed by atoms with Crippen molar-refractivity contribution in [2.75, 3.05) is 44.7 Å². The van der Waals surface area contributed by atoms with E-state index in [2.05, 4.69) is 41.3 Å². The Balaban J connectivity index is 0.00000392. The van der Waals surface area contributed by atoms with Gasteiger partial charge in [-0.25, -0.2) is 4.39 Å². The summed E-state index contributed by atoms with van der Waals surface area (Å²) in [6, 6.07) is 6.83. The molecule has 1 amide bonds. The molecular formula is C20H33FIN5O. The second kappa shape index (κ2) is 12.1. The third-order valence-corrected chi connectivity index (χ3v) is 5.04. The Labute approximate surface area is 185 Å². The van der Waals surface area contributed by atoms with Crippen LogP contribution in [0, 0.1) is 11.7 Å². The van der Waals surface area contributed by atoms with E-state index in [-0.39, 0.29) is 35.7 Å². The summed E-state index contributed by atoms with van der Waals surface area (Å²) in [4.78, 5) is 20.7. The van der Waals surface area contributed by atoms with Crippen LogP contribution in [0.5, 0.6) is 0 Å². The molecular weight excluding hydrogens is 472 g/mol. The number of nitrogens with one attached hydrogen (secondary N) is 2. The Kier molecular flexibility index (Phi) is 10.6. The van der Waals surface area contributed by atoms with Crippen LogP contribution in [0.1, 0.15) is 27.2 Å². The Morgan fingerprint density at radius 3 is 2.29 bits per heavy atom. The van der Waals surface area contributed by atoms with Crippen LogP contribution in [-0.2, 0) is 4.79 Å². The number of aliphatic imine (C=N–C) groups is 1. The van der Waals surface area contributed by atoms with Crippen molar-refractivity contribution in [2.24, 2.45) is 10.9 Å². The van der Waals surface area contributed by atoms with Gasteiger partial charge in [-0.3, -0.25) is 9.79 Å². The zero-order valence-corrected chi connectivity index (χ0v) is 19.6. The first-order chi connectivity index (χ1) is 12.9. The number of hydrogen-bond acceptors (Lipinski definition) is 3. The Bertz CT molecular complexity index is 630. The zero-order chi connectivity index (χ0) is 19.8. The highest BCUT2D eigenvalue weighted by Gasteiger charge is 2.21. The topological polar surface area (TPSA) is 60.0 Å². The van der Waals surface area contributed by atoms with Crippen molar-refractivity contribution in [2.45, 2.75) is 33.2 Å². The number of carbonyl (C=O) groups excluding carboxylic acids is 1. The highest BCUT2D eigenvalue weighted by molar-refractivity contribution is 14.0. The maximum absolute atomic E-state index is 13.0. The Morgan fingerprint density at radius 1 is 1.14 bits per heavy atom. The molecule has 1 heterocycles. The summed E-state index contributed by atoms with van der Waals surface area (Å²) in [5.41, 5.74) is 0.999. The molecule has 0 spiro atoms. The molecule has 28 heavy (non-hydrogen) atoms. The average molecular weight is 505 g/mol. The number of carbonyl (C=O) groups is 1. The third kappa shape index (κ3) is 7.44.